The summed E-state index contributed by atoms with van der Waals surface area (Å²) in [5.74, 6) is 0.613. The van der Waals surface area contributed by atoms with E-state index in [0.717, 1.165) is 74.3 Å². The lowest BCUT2D eigenvalue weighted by Gasteiger charge is -2.59. The number of carbonyl (C=O) groups excluding carboxylic acids is 3. The van der Waals surface area contributed by atoms with Crippen LogP contribution >= 0.6 is 0 Å². The molecule has 1 aromatic rings. The number of nitrogens with zero attached hydrogens (tertiary/aromatic N) is 4. The van der Waals surface area contributed by atoms with Crippen LogP contribution in [-0.4, -0.2) is 109 Å². The number of anilines is 1. The van der Waals surface area contributed by atoms with Crippen molar-refractivity contribution in [1.82, 2.24) is 9.80 Å². The van der Waals surface area contributed by atoms with Crippen molar-refractivity contribution in [1.29, 1.82) is 0 Å². The van der Waals surface area contributed by atoms with Gasteiger partial charge in [-0.15, -0.1) is 0 Å². The summed E-state index contributed by atoms with van der Waals surface area (Å²) in [6.45, 7) is 6.77. The molecule has 1 aromatic carbocycles. The van der Waals surface area contributed by atoms with Crippen molar-refractivity contribution in [2.45, 2.75) is 86.9 Å². The van der Waals surface area contributed by atoms with Gasteiger partial charge in [0, 0.05) is 73.5 Å². The zero-order valence-electron chi connectivity index (χ0n) is 29.9. The van der Waals surface area contributed by atoms with Gasteiger partial charge in [0.2, 0.25) is 0 Å². The summed E-state index contributed by atoms with van der Waals surface area (Å²) >= 11 is 0. The second-order valence-electron chi connectivity index (χ2n) is 17.5. The molecule has 0 N–H and O–H groups in total. The Balaban J connectivity index is 1.00. The van der Waals surface area contributed by atoms with Crippen molar-refractivity contribution >= 4 is 34.5 Å². The number of benzene rings is 1. The van der Waals surface area contributed by atoms with Crippen LogP contribution in [0, 0.1) is 29.1 Å². The van der Waals surface area contributed by atoms with Gasteiger partial charge in [0.1, 0.15) is 17.0 Å². The Morgan fingerprint density at radius 1 is 1.14 bits per heavy atom. The molecule has 8 saturated heterocycles. The van der Waals surface area contributed by atoms with Gasteiger partial charge in [0.15, 0.2) is 11.6 Å². The third-order valence-corrected chi connectivity index (χ3v) is 16.6. The molecule has 14 atom stereocenters. The molecule has 13 aliphatic rings. The van der Waals surface area contributed by atoms with Gasteiger partial charge in [0.05, 0.1) is 48.8 Å². The van der Waals surface area contributed by atoms with Crippen LogP contribution in [-0.2, 0) is 29.3 Å². The second-order valence-corrected chi connectivity index (χ2v) is 17.5. The van der Waals surface area contributed by atoms with Gasteiger partial charge >= 0.3 is 5.97 Å². The highest BCUT2D eigenvalue weighted by Crippen LogP contribution is 2.72. The molecule has 14 rings (SSSR count). The number of allylic oxidation sites excluding steroid dienone is 4. The Hall–Kier alpha value is -3.60. The van der Waals surface area contributed by atoms with E-state index < -0.39 is 22.4 Å². The number of esters is 1. The number of hydrogen-bond acceptors (Lipinski definition) is 10. The topological polar surface area (TPSA) is 104 Å². The van der Waals surface area contributed by atoms with Crippen LogP contribution in [0.25, 0.3) is 5.57 Å². The van der Waals surface area contributed by atoms with Crippen LogP contribution in [0.5, 0.6) is 5.75 Å². The van der Waals surface area contributed by atoms with E-state index in [9.17, 15) is 9.59 Å². The lowest BCUT2D eigenvalue weighted by Crippen LogP contribution is -2.71. The van der Waals surface area contributed by atoms with Gasteiger partial charge in [-0.3, -0.25) is 29.2 Å². The summed E-state index contributed by atoms with van der Waals surface area (Å²) in [6.07, 6.45) is 10.4. The van der Waals surface area contributed by atoms with Crippen LogP contribution in [0.3, 0.4) is 0 Å². The number of epoxide rings is 1. The van der Waals surface area contributed by atoms with Gasteiger partial charge in [-0.05, 0) is 81.2 Å². The third kappa shape index (κ3) is 2.91. The van der Waals surface area contributed by atoms with Gasteiger partial charge in [0.25, 0.3) is 0 Å². The summed E-state index contributed by atoms with van der Waals surface area (Å²) in [5, 5.41) is 0. The number of ether oxygens (including phenoxy) is 3. The van der Waals surface area contributed by atoms with Crippen molar-refractivity contribution in [3.05, 3.63) is 52.6 Å². The van der Waals surface area contributed by atoms with E-state index in [-0.39, 0.29) is 59.3 Å². The summed E-state index contributed by atoms with van der Waals surface area (Å²) in [5.41, 5.74) is 4.32. The van der Waals surface area contributed by atoms with Gasteiger partial charge < -0.3 is 19.1 Å². The average molecular weight is 689 g/mol. The maximum absolute atomic E-state index is 15.0. The molecule has 51 heavy (non-hydrogen) atoms. The van der Waals surface area contributed by atoms with E-state index in [1.807, 2.05) is 6.08 Å². The number of likely N-dealkylation sites (N-methyl/N-ethyl adjacent to an activating group) is 1. The first-order valence-electron chi connectivity index (χ1n) is 19.1. The third-order valence-electron chi connectivity index (χ3n) is 16.6. The number of aliphatic imine (C=N–C) groups is 1. The molecule has 3 aliphatic carbocycles. The van der Waals surface area contributed by atoms with Crippen LogP contribution in [0.1, 0.15) is 57.1 Å². The van der Waals surface area contributed by atoms with Crippen molar-refractivity contribution < 1.29 is 28.6 Å². The van der Waals surface area contributed by atoms with Gasteiger partial charge in [-0.2, -0.15) is 0 Å². The van der Waals surface area contributed by atoms with Crippen LogP contribution in [0.2, 0.25) is 0 Å². The van der Waals surface area contributed by atoms with Crippen molar-refractivity contribution in [2.24, 2.45) is 34.1 Å². The number of piperidine rings is 4. The molecule has 2 saturated carbocycles. The highest BCUT2D eigenvalue weighted by Gasteiger charge is 2.81. The molecular formula is C41H44N4O6. The van der Waals surface area contributed by atoms with Crippen molar-refractivity contribution in [3.8, 4) is 5.75 Å². The quantitative estimate of drug-likeness (QED) is 0.205. The monoisotopic (exact) mass is 688 g/mol. The predicted octanol–water partition coefficient (Wildman–Crippen LogP) is 3.48. The van der Waals surface area contributed by atoms with Crippen LogP contribution < -0.4 is 9.64 Å². The first-order chi connectivity index (χ1) is 24.6. The molecule has 0 amide bonds. The summed E-state index contributed by atoms with van der Waals surface area (Å²) in [7, 11) is 5.29. The molecular weight excluding hydrogens is 644 g/mol. The summed E-state index contributed by atoms with van der Waals surface area (Å²) in [6, 6.07) is 4.77. The van der Waals surface area contributed by atoms with E-state index in [1.165, 1.54) is 12.7 Å². The second kappa shape index (κ2) is 8.95. The average Bonchev–Trinajstić information content (AvgIpc) is 3.34. The number of fused-ring (bicyclic) bond motifs is 4. The lowest BCUT2D eigenvalue weighted by atomic mass is 9.53. The molecule has 10 heterocycles. The fraction of sp³-hybridized carbons (Fsp3) is 0.610. The Kier molecular flexibility index (Phi) is 5.25. The number of hydrogen-bond donors (Lipinski definition) is 0. The van der Waals surface area contributed by atoms with E-state index in [4.69, 9.17) is 19.2 Å². The number of carbonyl (C=O) groups is 3. The summed E-state index contributed by atoms with van der Waals surface area (Å²) < 4.78 is 17.9. The molecule has 10 aliphatic heterocycles. The largest absolute Gasteiger partial charge is 0.496 e. The fourth-order valence-corrected chi connectivity index (χ4v) is 14.8. The van der Waals surface area contributed by atoms with E-state index in [2.05, 4.69) is 53.8 Å². The molecule has 10 fully saturated rings. The highest BCUT2D eigenvalue weighted by molar-refractivity contribution is 6.37. The number of ketones is 2. The smallest absolute Gasteiger partial charge is 0.310 e. The minimum Gasteiger partial charge on any atom is -0.496 e. The maximum Gasteiger partial charge on any atom is 0.310 e. The van der Waals surface area contributed by atoms with Crippen LogP contribution in [0.15, 0.2) is 46.5 Å². The maximum atomic E-state index is 15.0. The first kappa shape index (κ1) is 29.9. The molecule has 9 bridgehead atoms. The van der Waals surface area contributed by atoms with E-state index >= 15 is 4.79 Å². The van der Waals surface area contributed by atoms with Gasteiger partial charge in [-0.1, -0.05) is 11.6 Å². The number of rotatable bonds is 3. The standard InChI is InChI=1S/C41H44N4O6/c1-6-20-17-44-10-9-39-24-14-31(46)22(12-27(24)42-41(39,44)8-7-21(20)34(39)37(48)50-5)23-11-25-28(15-32(23)49-4)43(3)35-29-13-26-33-30(16-38(25,35)36(33)47)45(29)18-40(26)19(2)51-40/h6,11-12,14-15,19,21,26,29-30,33-35H,7-10,13,16-18H2,1-5H3/t19-,21+,26-,29+,30+,33+,34+,35+,38-,39+,40-,41+/m1/s1. The number of methoxy groups -OCH3 is 2. The summed E-state index contributed by atoms with van der Waals surface area (Å²) in [4.78, 5) is 56.4. The molecule has 264 valence electrons. The molecule has 10 nitrogen and oxygen atoms in total. The normalized spacial score (nSPS) is 50.2. The molecule has 0 radical (unpaired) electrons. The molecule has 2 unspecified atom stereocenters. The number of Topliss-reactive ketones (excluding diaryl/α,β-unsaturated/α-hetero) is 1. The SMILES string of the molecule is CC=C1CN2CC[C@@]34C5=CC(=O)C(c6cc7c(cc6OC)N(C)[C@H]6[C@@H]8C[C@@H]9[C@@H]%10C(=O)[C@]76C[C@@H]%10N8C[C@]96O[C@@H]6C)=CC5=N[C@@]23CC[C@@H]1[C@H]4C(=O)OC. The van der Waals surface area contributed by atoms with Crippen LogP contribution in [0.4, 0.5) is 5.69 Å². The van der Waals surface area contributed by atoms with E-state index in [0.29, 0.717) is 22.7 Å². The lowest BCUT2D eigenvalue weighted by molar-refractivity contribution is -0.156. The van der Waals surface area contributed by atoms with E-state index in [1.54, 1.807) is 13.2 Å². The Bertz CT molecular complexity index is 2090. The highest BCUT2D eigenvalue weighted by atomic mass is 16.6. The molecule has 0 aromatic heterocycles. The van der Waals surface area contributed by atoms with Crippen molar-refractivity contribution in [3.63, 3.8) is 0 Å². The Labute approximate surface area is 297 Å². The Morgan fingerprint density at radius 3 is 2.71 bits per heavy atom. The Morgan fingerprint density at radius 2 is 1.96 bits per heavy atom. The first-order valence-corrected chi connectivity index (χ1v) is 19.1. The minimum atomic E-state index is -0.612. The zero-order chi connectivity index (χ0) is 34.7. The fourth-order valence-electron chi connectivity index (χ4n) is 14.8. The molecule has 10 heteroatoms. The minimum absolute atomic E-state index is 0.0128. The zero-order valence-corrected chi connectivity index (χ0v) is 29.9. The molecule has 3 spiro atoms. The van der Waals surface area contributed by atoms with Gasteiger partial charge in [-0.25, -0.2) is 0 Å². The predicted molar refractivity (Wildman–Crippen MR) is 187 cm³/mol. The van der Waals surface area contributed by atoms with Crippen molar-refractivity contribution in [2.75, 3.05) is 45.8 Å².